The molecule has 0 aliphatic carbocycles. The number of anilines is 1. The number of ether oxygens (including phenoxy) is 2. The second-order valence-corrected chi connectivity index (χ2v) is 7.02. The van der Waals surface area contributed by atoms with E-state index in [0.29, 0.717) is 11.4 Å². The van der Waals surface area contributed by atoms with E-state index < -0.39 is 18.0 Å². The number of carbonyl (C=O) groups is 2. The van der Waals surface area contributed by atoms with E-state index in [1.807, 2.05) is 12.1 Å². The predicted octanol–water partition coefficient (Wildman–Crippen LogP) is 3.23. The number of carbonyl (C=O) groups excluding carboxylic acids is 2. The molecule has 140 valence electrons. The van der Waals surface area contributed by atoms with Crippen LogP contribution in [0.2, 0.25) is 0 Å². The normalized spacial score (nSPS) is 12.3. The Labute approximate surface area is 152 Å². The van der Waals surface area contributed by atoms with Crippen molar-refractivity contribution in [3.8, 4) is 5.75 Å². The zero-order valence-electron chi connectivity index (χ0n) is 15.7. The summed E-state index contributed by atoms with van der Waals surface area (Å²) in [6.07, 6.45) is -0.986. The molecule has 1 N–H and O–H groups in total. The molecule has 2 aromatic rings. The zero-order valence-corrected chi connectivity index (χ0v) is 15.7. The molecule has 0 bridgehead atoms. The summed E-state index contributed by atoms with van der Waals surface area (Å²) in [7, 11) is 0. The van der Waals surface area contributed by atoms with Crippen molar-refractivity contribution in [1.82, 2.24) is 5.16 Å². The van der Waals surface area contributed by atoms with Crippen LogP contribution in [-0.2, 0) is 19.7 Å². The molecule has 1 aromatic heterocycles. The molecule has 0 spiro atoms. The first-order chi connectivity index (χ1) is 12.1. The average molecular weight is 360 g/mol. The molecule has 0 aliphatic rings. The van der Waals surface area contributed by atoms with Gasteiger partial charge in [-0.25, -0.2) is 4.79 Å². The number of nitrogens with one attached hydrogen (secondary N) is 1. The van der Waals surface area contributed by atoms with Gasteiger partial charge >= 0.3 is 5.97 Å². The molecule has 1 amide bonds. The van der Waals surface area contributed by atoms with Crippen molar-refractivity contribution in [2.24, 2.45) is 0 Å². The van der Waals surface area contributed by atoms with Gasteiger partial charge in [-0.15, -0.1) is 0 Å². The molecule has 0 saturated carbocycles. The second-order valence-electron chi connectivity index (χ2n) is 7.02. The third-order valence-electron chi connectivity index (χ3n) is 3.63. The zero-order chi connectivity index (χ0) is 19.3. The summed E-state index contributed by atoms with van der Waals surface area (Å²) in [5.74, 6) is -0.389. The summed E-state index contributed by atoms with van der Waals surface area (Å²) in [5.41, 5.74) is 1.85. The van der Waals surface area contributed by atoms with Crippen molar-refractivity contribution in [2.45, 2.75) is 46.1 Å². The number of esters is 1. The van der Waals surface area contributed by atoms with Crippen LogP contribution in [0, 0.1) is 6.92 Å². The minimum Gasteiger partial charge on any atom is -0.482 e. The van der Waals surface area contributed by atoms with Crippen LogP contribution in [-0.4, -0.2) is 29.7 Å². The van der Waals surface area contributed by atoms with Crippen LogP contribution in [0.1, 0.15) is 39.0 Å². The number of benzene rings is 1. The van der Waals surface area contributed by atoms with Gasteiger partial charge in [-0.3, -0.25) is 10.1 Å². The Morgan fingerprint density at radius 3 is 2.42 bits per heavy atom. The lowest BCUT2D eigenvalue weighted by molar-refractivity contribution is -0.155. The Morgan fingerprint density at radius 1 is 1.23 bits per heavy atom. The first kappa shape index (κ1) is 19.5. The maximum atomic E-state index is 11.9. The Hall–Kier alpha value is -2.83. The van der Waals surface area contributed by atoms with Crippen molar-refractivity contribution in [3.63, 3.8) is 0 Å². The van der Waals surface area contributed by atoms with E-state index in [9.17, 15) is 9.59 Å². The van der Waals surface area contributed by atoms with Crippen LogP contribution >= 0.6 is 0 Å². The van der Waals surface area contributed by atoms with E-state index in [1.54, 1.807) is 25.1 Å². The molecule has 7 heteroatoms. The fourth-order valence-electron chi connectivity index (χ4n) is 2.12. The molecule has 26 heavy (non-hydrogen) atoms. The number of aromatic nitrogens is 1. The van der Waals surface area contributed by atoms with Crippen LogP contribution in [0.5, 0.6) is 5.75 Å². The van der Waals surface area contributed by atoms with E-state index in [2.05, 4.69) is 31.2 Å². The summed E-state index contributed by atoms with van der Waals surface area (Å²) in [5, 5.41) is 6.13. The van der Waals surface area contributed by atoms with Crippen LogP contribution in [0.15, 0.2) is 34.9 Å². The Kier molecular flexibility index (Phi) is 6.02. The van der Waals surface area contributed by atoms with Gasteiger partial charge in [0, 0.05) is 6.07 Å². The van der Waals surface area contributed by atoms with Gasteiger partial charge in [0.1, 0.15) is 5.75 Å². The molecule has 0 saturated heterocycles. The van der Waals surface area contributed by atoms with Crippen molar-refractivity contribution in [2.75, 3.05) is 11.9 Å². The van der Waals surface area contributed by atoms with Crippen LogP contribution < -0.4 is 10.1 Å². The van der Waals surface area contributed by atoms with Gasteiger partial charge < -0.3 is 14.0 Å². The lowest BCUT2D eigenvalue weighted by Gasteiger charge is -2.19. The van der Waals surface area contributed by atoms with Crippen molar-refractivity contribution < 1.29 is 23.6 Å². The van der Waals surface area contributed by atoms with Crippen molar-refractivity contribution >= 4 is 17.8 Å². The first-order valence-electron chi connectivity index (χ1n) is 8.32. The summed E-state index contributed by atoms with van der Waals surface area (Å²) in [4.78, 5) is 23.8. The number of rotatable bonds is 6. The van der Waals surface area contributed by atoms with E-state index in [4.69, 9.17) is 14.0 Å². The summed E-state index contributed by atoms with van der Waals surface area (Å²) in [6, 6.07) is 9.08. The maximum absolute atomic E-state index is 11.9. The highest BCUT2D eigenvalue weighted by molar-refractivity contribution is 5.94. The van der Waals surface area contributed by atoms with Crippen molar-refractivity contribution in [3.05, 3.63) is 41.6 Å². The van der Waals surface area contributed by atoms with Crippen LogP contribution in [0.25, 0.3) is 0 Å². The molecular weight excluding hydrogens is 336 g/mol. The minimum absolute atomic E-state index is 0.0440. The van der Waals surface area contributed by atoms with Crippen LogP contribution in [0.4, 0.5) is 5.88 Å². The lowest BCUT2D eigenvalue weighted by atomic mass is 9.87. The lowest BCUT2D eigenvalue weighted by Crippen LogP contribution is -2.31. The maximum Gasteiger partial charge on any atom is 0.344 e. The Balaban J connectivity index is 1.79. The predicted molar refractivity (Wildman–Crippen MR) is 96.1 cm³/mol. The van der Waals surface area contributed by atoms with Gasteiger partial charge in [-0.2, -0.15) is 0 Å². The van der Waals surface area contributed by atoms with Gasteiger partial charge in [0.05, 0.1) is 5.69 Å². The SMILES string of the molecule is Cc1cc(NC(=O)C(C)OC(=O)COc2ccc(C(C)(C)C)cc2)on1. The molecule has 1 unspecified atom stereocenters. The standard InChI is InChI=1S/C19H24N2O5/c1-12-10-16(26-21-12)20-18(23)13(2)25-17(22)11-24-15-8-6-14(7-9-15)19(3,4)5/h6-10,13H,11H2,1-5H3,(H,20,23). The Bertz CT molecular complexity index is 759. The van der Waals surface area contributed by atoms with Gasteiger partial charge in [-0.05, 0) is 37.0 Å². The first-order valence-corrected chi connectivity index (χ1v) is 8.32. The average Bonchev–Trinajstić information content (AvgIpc) is 2.97. The Morgan fingerprint density at radius 2 is 1.88 bits per heavy atom. The van der Waals surface area contributed by atoms with Gasteiger partial charge in [0.2, 0.25) is 5.88 Å². The van der Waals surface area contributed by atoms with E-state index in [1.165, 1.54) is 12.5 Å². The fourth-order valence-corrected chi connectivity index (χ4v) is 2.12. The quantitative estimate of drug-likeness (QED) is 0.796. The van der Waals surface area contributed by atoms with E-state index >= 15 is 0 Å². The highest BCUT2D eigenvalue weighted by Crippen LogP contribution is 2.24. The smallest absolute Gasteiger partial charge is 0.344 e. The third kappa shape index (κ3) is 5.61. The van der Waals surface area contributed by atoms with Crippen LogP contribution in [0.3, 0.4) is 0 Å². The molecule has 7 nitrogen and oxygen atoms in total. The molecule has 1 aromatic carbocycles. The number of aryl methyl sites for hydroxylation is 1. The van der Waals surface area contributed by atoms with Crippen molar-refractivity contribution in [1.29, 1.82) is 0 Å². The monoisotopic (exact) mass is 360 g/mol. The number of nitrogens with zero attached hydrogens (tertiary/aromatic N) is 1. The topological polar surface area (TPSA) is 90.7 Å². The molecular formula is C19H24N2O5. The summed E-state index contributed by atoms with van der Waals surface area (Å²) < 4.78 is 15.3. The minimum atomic E-state index is -0.986. The fraction of sp³-hybridized carbons (Fsp3) is 0.421. The highest BCUT2D eigenvalue weighted by Gasteiger charge is 2.20. The van der Waals surface area contributed by atoms with E-state index in [-0.39, 0.29) is 17.9 Å². The second kappa shape index (κ2) is 8.03. The number of hydrogen-bond acceptors (Lipinski definition) is 6. The highest BCUT2D eigenvalue weighted by atomic mass is 16.6. The van der Waals surface area contributed by atoms with Gasteiger partial charge in [0.15, 0.2) is 12.7 Å². The summed E-state index contributed by atoms with van der Waals surface area (Å²) in [6.45, 7) is 9.27. The molecule has 2 rings (SSSR count). The van der Waals surface area contributed by atoms with E-state index in [0.717, 1.165) is 0 Å². The molecule has 1 heterocycles. The summed E-state index contributed by atoms with van der Waals surface area (Å²) >= 11 is 0. The largest absolute Gasteiger partial charge is 0.482 e. The van der Waals surface area contributed by atoms with Gasteiger partial charge in [-0.1, -0.05) is 38.1 Å². The molecule has 0 aliphatic heterocycles. The molecule has 0 fully saturated rings. The van der Waals surface area contributed by atoms with Gasteiger partial charge in [0.25, 0.3) is 5.91 Å². The number of hydrogen-bond donors (Lipinski definition) is 1. The number of amides is 1. The molecule has 0 radical (unpaired) electrons. The molecule has 1 atom stereocenters. The third-order valence-corrected chi connectivity index (χ3v) is 3.63.